The molecule has 1 aliphatic carbocycles. The van der Waals surface area contributed by atoms with Crippen LogP contribution in [-0.4, -0.2) is 39.5 Å². The van der Waals surface area contributed by atoms with Crippen molar-refractivity contribution in [3.8, 4) is 0 Å². The summed E-state index contributed by atoms with van der Waals surface area (Å²) in [6.07, 6.45) is 4.11. The number of nitrogens with zero attached hydrogens (tertiary/aromatic N) is 2. The number of thioether (sulfide) groups is 1. The van der Waals surface area contributed by atoms with Crippen LogP contribution in [0.3, 0.4) is 0 Å². The highest BCUT2D eigenvalue weighted by molar-refractivity contribution is 7.99. The van der Waals surface area contributed by atoms with Gasteiger partial charge in [-0.2, -0.15) is 0 Å². The molecule has 20 heavy (non-hydrogen) atoms. The normalized spacial score (nSPS) is 18.6. The molecule has 2 aliphatic rings. The summed E-state index contributed by atoms with van der Waals surface area (Å²) < 4.78 is 1.56. The van der Waals surface area contributed by atoms with E-state index in [0.717, 1.165) is 18.6 Å². The van der Waals surface area contributed by atoms with Gasteiger partial charge in [0.2, 0.25) is 0 Å². The van der Waals surface area contributed by atoms with Crippen LogP contribution in [0.25, 0.3) is 0 Å². The minimum absolute atomic E-state index is 0.0423. The molecule has 1 aromatic rings. The zero-order valence-electron chi connectivity index (χ0n) is 11.1. The summed E-state index contributed by atoms with van der Waals surface area (Å²) in [6.45, 7) is 1.26. The Morgan fingerprint density at radius 3 is 3.05 bits per heavy atom. The Balaban J connectivity index is 1.71. The molecule has 1 saturated carbocycles. The molecule has 0 radical (unpaired) electrons. The van der Waals surface area contributed by atoms with Crippen molar-refractivity contribution >= 4 is 17.7 Å². The number of aliphatic hydroxyl groups excluding tert-OH is 1. The van der Waals surface area contributed by atoms with Crippen molar-refractivity contribution in [3.05, 3.63) is 22.1 Å². The number of carbonyl (C=O) groups is 1. The van der Waals surface area contributed by atoms with E-state index in [0.29, 0.717) is 24.7 Å². The van der Waals surface area contributed by atoms with Crippen LogP contribution in [0.15, 0.2) is 16.1 Å². The number of aliphatic hydroxyl groups is 1. The van der Waals surface area contributed by atoms with Gasteiger partial charge < -0.3 is 10.4 Å². The quantitative estimate of drug-likeness (QED) is 0.760. The number of nitrogens with one attached hydrogen (secondary N) is 1. The predicted octanol–water partition coefficient (Wildman–Crippen LogP) is 0.241. The molecule has 0 spiro atoms. The van der Waals surface area contributed by atoms with Gasteiger partial charge in [0.25, 0.3) is 11.5 Å². The van der Waals surface area contributed by atoms with Crippen LogP contribution in [0.4, 0.5) is 0 Å². The SMILES string of the molecule is O=C(NCC1(CCO)CC1)c1cnc2n(c1=O)CCS2. The van der Waals surface area contributed by atoms with E-state index in [-0.39, 0.29) is 29.1 Å². The second-order valence-corrected chi connectivity index (χ2v) is 6.48. The molecule has 0 bridgehead atoms. The molecular weight excluding hydrogens is 278 g/mol. The Hall–Kier alpha value is -1.34. The zero-order chi connectivity index (χ0) is 14.2. The number of hydrogen-bond acceptors (Lipinski definition) is 5. The summed E-state index contributed by atoms with van der Waals surface area (Å²) in [5.74, 6) is 0.464. The number of aromatic nitrogens is 2. The Morgan fingerprint density at radius 1 is 1.55 bits per heavy atom. The molecule has 0 unspecified atom stereocenters. The molecule has 0 aromatic carbocycles. The van der Waals surface area contributed by atoms with Crippen LogP contribution in [-0.2, 0) is 6.54 Å². The number of amides is 1. The van der Waals surface area contributed by atoms with Gasteiger partial charge in [0.1, 0.15) is 5.56 Å². The van der Waals surface area contributed by atoms with Crippen molar-refractivity contribution in [1.29, 1.82) is 0 Å². The molecule has 7 heteroatoms. The van der Waals surface area contributed by atoms with E-state index >= 15 is 0 Å². The average Bonchev–Trinajstić information content (AvgIpc) is 3.02. The lowest BCUT2D eigenvalue weighted by Gasteiger charge is -2.14. The molecule has 1 fully saturated rings. The van der Waals surface area contributed by atoms with Crippen molar-refractivity contribution in [1.82, 2.24) is 14.9 Å². The number of rotatable bonds is 5. The Bertz CT molecular complexity index is 595. The highest BCUT2D eigenvalue weighted by Crippen LogP contribution is 2.47. The second-order valence-electron chi connectivity index (χ2n) is 5.42. The molecule has 1 amide bonds. The fourth-order valence-corrected chi connectivity index (χ4v) is 3.38. The van der Waals surface area contributed by atoms with Crippen molar-refractivity contribution in [2.45, 2.75) is 31.0 Å². The fourth-order valence-electron chi connectivity index (χ4n) is 2.47. The van der Waals surface area contributed by atoms with Gasteiger partial charge >= 0.3 is 0 Å². The number of carbonyl (C=O) groups excluding carboxylic acids is 1. The third-order valence-corrected chi connectivity index (χ3v) is 5.00. The molecule has 2 N–H and O–H groups in total. The first-order valence-corrected chi connectivity index (χ1v) is 7.75. The van der Waals surface area contributed by atoms with E-state index in [1.807, 2.05) is 0 Å². The van der Waals surface area contributed by atoms with Crippen molar-refractivity contribution < 1.29 is 9.90 Å². The van der Waals surface area contributed by atoms with E-state index in [1.165, 1.54) is 18.0 Å². The van der Waals surface area contributed by atoms with Crippen LogP contribution < -0.4 is 10.9 Å². The smallest absolute Gasteiger partial charge is 0.267 e. The van der Waals surface area contributed by atoms with Gasteiger partial charge in [-0.05, 0) is 24.7 Å². The summed E-state index contributed by atoms with van der Waals surface area (Å²) in [4.78, 5) is 28.4. The van der Waals surface area contributed by atoms with E-state index in [9.17, 15) is 9.59 Å². The van der Waals surface area contributed by atoms with Crippen LogP contribution >= 0.6 is 11.8 Å². The Morgan fingerprint density at radius 2 is 2.35 bits per heavy atom. The first-order valence-electron chi connectivity index (χ1n) is 6.77. The van der Waals surface area contributed by atoms with Crippen molar-refractivity contribution in [2.24, 2.45) is 5.41 Å². The summed E-state index contributed by atoms with van der Waals surface area (Å²) in [7, 11) is 0. The van der Waals surface area contributed by atoms with Gasteiger partial charge in [-0.3, -0.25) is 14.2 Å². The lowest BCUT2D eigenvalue weighted by Crippen LogP contribution is -2.36. The van der Waals surface area contributed by atoms with Gasteiger partial charge in [0, 0.05) is 31.6 Å². The maximum Gasteiger partial charge on any atom is 0.267 e. The third-order valence-electron chi connectivity index (χ3n) is 4.02. The van der Waals surface area contributed by atoms with Gasteiger partial charge in [0.05, 0.1) is 0 Å². The van der Waals surface area contributed by atoms with Crippen LogP contribution in [0.5, 0.6) is 0 Å². The highest BCUT2D eigenvalue weighted by Gasteiger charge is 2.42. The first-order chi connectivity index (χ1) is 9.65. The molecule has 6 nitrogen and oxygen atoms in total. The maximum atomic E-state index is 12.2. The standard InChI is InChI=1S/C13H17N3O3S/c17-5-3-13(1-2-13)8-15-10(18)9-7-14-12-16(11(9)19)4-6-20-12/h7,17H,1-6,8H2,(H,15,18). The molecular formula is C13H17N3O3S. The van der Waals surface area contributed by atoms with Gasteiger partial charge in [-0.25, -0.2) is 4.98 Å². The lowest BCUT2D eigenvalue weighted by atomic mass is 10.0. The topological polar surface area (TPSA) is 84.2 Å². The molecule has 3 rings (SSSR count). The number of hydrogen-bond donors (Lipinski definition) is 2. The van der Waals surface area contributed by atoms with Gasteiger partial charge in [-0.15, -0.1) is 0 Å². The highest BCUT2D eigenvalue weighted by atomic mass is 32.2. The van der Waals surface area contributed by atoms with Gasteiger partial charge in [0.15, 0.2) is 5.16 Å². The molecule has 0 atom stereocenters. The second kappa shape index (κ2) is 5.21. The minimum Gasteiger partial charge on any atom is -0.396 e. The largest absolute Gasteiger partial charge is 0.396 e. The predicted molar refractivity (Wildman–Crippen MR) is 74.9 cm³/mol. The van der Waals surface area contributed by atoms with Gasteiger partial charge in [-0.1, -0.05) is 11.8 Å². The summed E-state index contributed by atoms with van der Waals surface area (Å²) in [5, 5.41) is 12.5. The average molecular weight is 295 g/mol. The first kappa shape index (κ1) is 13.6. The Kier molecular flexibility index (Phi) is 3.55. The van der Waals surface area contributed by atoms with Crippen LogP contribution in [0.1, 0.15) is 29.6 Å². The molecule has 1 aromatic heterocycles. The summed E-state index contributed by atoms with van der Waals surface area (Å²) >= 11 is 1.53. The monoisotopic (exact) mass is 295 g/mol. The molecule has 0 saturated heterocycles. The molecule has 108 valence electrons. The van der Waals surface area contributed by atoms with Crippen LogP contribution in [0, 0.1) is 5.41 Å². The maximum absolute atomic E-state index is 12.2. The van der Waals surface area contributed by atoms with Crippen molar-refractivity contribution in [3.63, 3.8) is 0 Å². The van der Waals surface area contributed by atoms with E-state index in [1.54, 1.807) is 4.57 Å². The zero-order valence-corrected chi connectivity index (χ0v) is 11.9. The van der Waals surface area contributed by atoms with Crippen LogP contribution in [0.2, 0.25) is 0 Å². The molecule has 1 aliphatic heterocycles. The number of fused-ring (bicyclic) bond motifs is 1. The van der Waals surface area contributed by atoms with Crippen molar-refractivity contribution in [2.75, 3.05) is 18.9 Å². The summed E-state index contributed by atoms with van der Waals surface area (Å²) in [5.41, 5.74) is -0.110. The van der Waals surface area contributed by atoms with E-state index in [2.05, 4.69) is 10.3 Å². The Labute approximate surface area is 120 Å². The lowest BCUT2D eigenvalue weighted by molar-refractivity contribution is 0.0938. The fraction of sp³-hybridized carbons (Fsp3) is 0.615. The van der Waals surface area contributed by atoms with E-state index in [4.69, 9.17) is 5.11 Å². The molecule has 2 heterocycles. The van der Waals surface area contributed by atoms with E-state index < -0.39 is 0 Å². The minimum atomic E-state index is -0.362. The third kappa shape index (κ3) is 2.47. The summed E-state index contributed by atoms with van der Waals surface area (Å²) in [6, 6.07) is 0.